The number of unbranched alkanes of at least 4 members (excludes halogenated alkanes) is 8. The van der Waals surface area contributed by atoms with E-state index in [1.165, 1.54) is 38.5 Å². The van der Waals surface area contributed by atoms with Crippen LogP contribution < -0.4 is 0 Å². The lowest BCUT2D eigenvalue weighted by Crippen LogP contribution is -2.21. The van der Waals surface area contributed by atoms with Gasteiger partial charge >= 0.3 is 11.9 Å². The first kappa shape index (κ1) is 20.9. The zero-order chi connectivity index (χ0) is 16.6. The molecule has 0 aliphatic heterocycles. The summed E-state index contributed by atoms with van der Waals surface area (Å²) in [5.74, 6) is -1.15. The first-order chi connectivity index (χ1) is 10.6. The molecule has 0 aromatic heterocycles. The Labute approximate surface area is 135 Å². The molecule has 0 aromatic carbocycles. The van der Waals surface area contributed by atoms with Crippen molar-refractivity contribution in [3.63, 3.8) is 0 Å². The fourth-order valence-electron chi connectivity index (χ4n) is 2.47. The van der Waals surface area contributed by atoms with Gasteiger partial charge < -0.3 is 9.84 Å². The van der Waals surface area contributed by atoms with Gasteiger partial charge in [-0.2, -0.15) is 0 Å². The molecule has 0 fully saturated rings. The quantitative estimate of drug-likeness (QED) is 0.337. The zero-order valence-electron chi connectivity index (χ0n) is 14.4. The largest absolute Gasteiger partial charge is 0.481 e. The van der Waals surface area contributed by atoms with Crippen molar-refractivity contribution in [3.05, 3.63) is 0 Å². The predicted molar refractivity (Wildman–Crippen MR) is 88.9 cm³/mol. The third-order valence-corrected chi connectivity index (χ3v) is 3.81. The van der Waals surface area contributed by atoms with E-state index in [1.807, 2.05) is 6.92 Å². The number of carbonyl (C=O) groups is 2. The topological polar surface area (TPSA) is 63.6 Å². The molecule has 0 bridgehead atoms. The van der Waals surface area contributed by atoms with Crippen LogP contribution in [0.15, 0.2) is 0 Å². The van der Waals surface area contributed by atoms with E-state index < -0.39 is 12.1 Å². The third-order valence-electron chi connectivity index (χ3n) is 3.81. The summed E-state index contributed by atoms with van der Waals surface area (Å²) >= 11 is 0. The summed E-state index contributed by atoms with van der Waals surface area (Å²) in [4.78, 5) is 22.5. The van der Waals surface area contributed by atoms with Gasteiger partial charge in [0.05, 0.1) is 6.42 Å². The van der Waals surface area contributed by atoms with Gasteiger partial charge in [0.1, 0.15) is 6.10 Å². The van der Waals surface area contributed by atoms with Crippen molar-refractivity contribution >= 4 is 11.9 Å². The van der Waals surface area contributed by atoms with E-state index in [9.17, 15) is 9.59 Å². The smallest absolute Gasteiger partial charge is 0.307 e. The lowest BCUT2D eigenvalue weighted by Gasteiger charge is -2.16. The van der Waals surface area contributed by atoms with E-state index >= 15 is 0 Å². The zero-order valence-corrected chi connectivity index (χ0v) is 14.4. The number of rotatable bonds is 15. The van der Waals surface area contributed by atoms with Gasteiger partial charge in [-0.15, -0.1) is 0 Å². The van der Waals surface area contributed by atoms with Crippen LogP contribution in [0.3, 0.4) is 0 Å². The average Bonchev–Trinajstić information content (AvgIpc) is 2.47. The molecule has 0 heterocycles. The van der Waals surface area contributed by atoms with Crippen molar-refractivity contribution in [2.75, 3.05) is 0 Å². The molecule has 22 heavy (non-hydrogen) atoms. The lowest BCUT2D eigenvalue weighted by molar-refractivity contribution is -0.153. The average molecular weight is 314 g/mol. The number of hydrogen-bond donors (Lipinski definition) is 1. The van der Waals surface area contributed by atoms with Gasteiger partial charge in [0.15, 0.2) is 0 Å². The Balaban J connectivity index is 3.80. The standard InChI is InChI=1S/C18H34O4/c1-3-5-7-8-9-10-11-12-13-16(15-17(19)20)22-18(21)14-6-4-2/h16H,3-15H2,1-2H3,(H,19,20). The molecular weight excluding hydrogens is 280 g/mol. The first-order valence-corrected chi connectivity index (χ1v) is 9.01. The van der Waals surface area contributed by atoms with E-state index in [0.717, 1.165) is 25.7 Å². The van der Waals surface area contributed by atoms with Crippen molar-refractivity contribution in [1.82, 2.24) is 0 Å². The number of esters is 1. The summed E-state index contributed by atoms with van der Waals surface area (Å²) < 4.78 is 5.30. The number of aliphatic carboxylic acids is 1. The Morgan fingerprint density at radius 3 is 1.95 bits per heavy atom. The normalized spacial score (nSPS) is 12.1. The second kappa shape index (κ2) is 14.9. The highest BCUT2D eigenvalue weighted by Crippen LogP contribution is 2.14. The Bertz CT molecular complexity index is 289. The van der Waals surface area contributed by atoms with Gasteiger partial charge in [0.2, 0.25) is 0 Å². The Hall–Kier alpha value is -1.06. The Morgan fingerprint density at radius 2 is 1.41 bits per heavy atom. The molecule has 0 radical (unpaired) electrons. The van der Waals surface area contributed by atoms with Crippen LogP contribution in [0, 0.1) is 0 Å². The highest BCUT2D eigenvalue weighted by Gasteiger charge is 2.17. The molecule has 1 unspecified atom stereocenters. The molecule has 0 aliphatic carbocycles. The van der Waals surface area contributed by atoms with Gasteiger partial charge in [-0.25, -0.2) is 0 Å². The van der Waals surface area contributed by atoms with E-state index in [1.54, 1.807) is 0 Å². The Morgan fingerprint density at radius 1 is 0.864 bits per heavy atom. The highest BCUT2D eigenvalue weighted by atomic mass is 16.5. The van der Waals surface area contributed by atoms with Crippen LogP contribution in [0.5, 0.6) is 0 Å². The molecule has 0 spiro atoms. The Kier molecular flexibility index (Phi) is 14.1. The van der Waals surface area contributed by atoms with Crippen LogP contribution in [0.4, 0.5) is 0 Å². The molecule has 4 heteroatoms. The summed E-state index contributed by atoms with van der Waals surface area (Å²) in [7, 11) is 0. The number of ether oxygens (including phenoxy) is 1. The first-order valence-electron chi connectivity index (χ1n) is 9.01. The lowest BCUT2D eigenvalue weighted by atomic mass is 10.0. The highest BCUT2D eigenvalue weighted by molar-refractivity contribution is 5.71. The van der Waals surface area contributed by atoms with Crippen molar-refractivity contribution < 1.29 is 19.4 Å². The number of carboxylic acid groups (broad SMARTS) is 1. The summed E-state index contributed by atoms with van der Waals surface area (Å²) in [6, 6.07) is 0. The van der Waals surface area contributed by atoms with Crippen LogP contribution in [-0.4, -0.2) is 23.1 Å². The number of carboxylic acids is 1. The van der Waals surface area contributed by atoms with E-state index in [-0.39, 0.29) is 12.4 Å². The molecule has 1 N–H and O–H groups in total. The molecule has 130 valence electrons. The van der Waals surface area contributed by atoms with Crippen molar-refractivity contribution in [2.45, 2.75) is 103 Å². The fraction of sp³-hybridized carbons (Fsp3) is 0.889. The van der Waals surface area contributed by atoms with Gasteiger partial charge in [0.25, 0.3) is 0 Å². The van der Waals surface area contributed by atoms with Gasteiger partial charge in [-0.1, -0.05) is 65.2 Å². The predicted octanol–water partition coefficient (Wildman–Crippen LogP) is 5.09. The number of hydrogen-bond acceptors (Lipinski definition) is 3. The van der Waals surface area contributed by atoms with Crippen LogP contribution in [-0.2, 0) is 14.3 Å². The minimum absolute atomic E-state index is 0.0750. The molecule has 0 amide bonds. The minimum atomic E-state index is -0.896. The molecule has 0 saturated heterocycles. The van der Waals surface area contributed by atoms with Gasteiger partial charge in [-0.05, 0) is 19.3 Å². The maximum atomic E-state index is 11.6. The van der Waals surface area contributed by atoms with Crippen LogP contribution in [0.1, 0.15) is 97.3 Å². The van der Waals surface area contributed by atoms with Crippen molar-refractivity contribution in [2.24, 2.45) is 0 Å². The monoisotopic (exact) mass is 314 g/mol. The molecule has 1 atom stereocenters. The molecular formula is C18H34O4. The molecule has 0 aliphatic rings. The maximum Gasteiger partial charge on any atom is 0.307 e. The minimum Gasteiger partial charge on any atom is -0.481 e. The summed E-state index contributed by atoms with van der Waals surface area (Å²) in [5, 5.41) is 8.90. The number of carbonyl (C=O) groups excluding carboxylic acids is 1. The molecule has 0 rings (SSSR count). The van der Waals surface area contributed by atoms with Gasteiger partial charge in [-0.3, -0.25) is 9.59 Å². The summed E-state index contributed by atoms with van der Waals surface area (Å²) in [6.45, 7) is 4.23. The van der Waals surface area contributed by atoms with Crippen LogP contribution in [0.2, 0.25) is 0 Å². The maximum absolute atomic E-state index is 11.6. The van der Waals surface area contributed by atoms with Crippen LogP contribution in [0.25, 0.3) is 0 Å². The van der Waals surface area contributed by atoms with E-state index in [4.69, 9.17) is 9.84 Å². The second-order valence-electron chi connectivity index (χ2n) is 6.08. The van der Waals surface area contributed by atoms with E-state index in [2.05, 4.69) is 6.92 Å². The van der Waals surface area contributed by atoms with Crippen molar-refractivity contribution in [1.29, 1.82) is 0 Å². The van der Waals surface area contributed by atoms with E-state index in [0.29, 0.717) is 12.8 Å². The summed E-state index contributed by atoms with van der Waals surface area (Å²) in [6.07, 6.45) is 11.9. The second-order valence-corrected chi connectivity index (χ2v) is 6.08. The van der Waals surface area contributed by atoms with Crippen LogP contribution >= 0.6 is 0 Å². The van der Waals surface area contributed by atoms with Crippen molar-refractivity contribution in [3.8, 4) is 0 Å². The summed E-state index contributed by atoms with van der Waals surface area (Å²) in [5.41, 5.74) is 0. The molecule has 0 aromatic rings. The molecule has 4 nitrogen and oxygen atoms in total. The van der Waals surface area contributed by atoms with Gasteiger partial charge in [0, 0.05) is 6.42 Å². The SMILES string of the molecule is CCCCCCCCCCC(CC(=O)O)OC(=O)CCCC. The fourth-order valence-corrected chi connectivity index (χ4v) is 2.47. The molecule has 0 saturated carbocycles. The third kappa shape index (κ3) is 13.9.